The number of nitrogens with one attached hydrogen (secondary N) is 2. The van der Waals surface area contributed by atoms with Crippen molar-refractivity contribution in [3.8, 4) is 11.3 Å². The Bertz CT molecular complexity index is 1350. The third-order valence-electron chi connectivity index (χ3n) is 4.62. The Hall–Kier alpha value is -3.40. The zero-order chi connectivity index (χ0) is 22.6. The Morgan fingerprint density at radius 3 is 2.66 bits per heavy atom. The number of thiophene rings is 1. The predicted octanol–water partition coefficient (Wildman–Crippen LogP) is 4.24. The van der Waals surface area contributed by atoms with Gasteiger partial charge >= 0.3 is 0 Å². The summed E-state index contributed by atoms with van der Waals surface area (Å²) >= 11 is 1.47. The van der Waals surface area contributed by atoms with Gasteiger partial charge in [0, 0.05) is 34.4 Å². The SMILES string of the molecule is Cc1nccc(-c2cccc(NC(=O)c3cccc(S(=O)(=O)NCc4cccs4)c3)c2)n1. The molecule has 0 unspecified atom stereocenters. The molecule has 32 heavy (non-hydrogen) atoms. The summed E-state index contributed by atoms with van der Waals surface area (Å²) in [5, 5.41) is 4.70. The molecule has 0 saturated carbocycles. The number of nitrogens with zero attached hydrogens (tertiary/aromatic N) is 2. The van der Waals surface area contributed by atoms with E-state index in [-0.39, 0.29) is 17.0 Å². The van der Waals surface area contributed by atoms with E-state index in [1.807, 2.05) is 42.6 Å². The monoisotopic (exact) mass is 464 g/mol. The van der Waals surface area contributed by atoms with Gasteiger partial charge in [0.1, 0.15) is 5.82 Å². The van der Waals surface area contributed by atoms with Crippen molar-refractivity contribution in [3.63, 3.8) is 0 Å². The van der Waals surface area contributed by atoms with E-state index in [1.54, 1.807) is 30.5 Å². The van der Waals surface area contributed by atoms with E-state index in [4.69, 9.17) is 0 Å². The fraction of sp³-hybridized carbons (Fsp3) is 0.0870. The smallest absolute Gasteiger partial charge is 0.255 e. The van der Waals surface area contributed by atoms with Gasteiger partial charge < -0.3 is 5.32 Å². The molecule has 2 N–H and O–H groups in total. The maximum atomic E-state index is 12.8. The molecule has 0 atom stereocenters. The number of carbonyl (C=O) groups is 1. The molecule has 0 bridgehead atoms. The molecule has 2 heterocycles. The minimum Gasteiger partial charge on any atom is -0.322 e. The molecule has 4 aromatic rings. The highest BCUT2D eigenvalue weighted by Gasteiger charge is 2.16. The van der Waals surface area contributed by atoms with Crippen LogP contribution >= 0.6 is 11.3 Å². The van der Waals surface area contributed by atoms with E-state index in [0.717, 1.165) is 16.1 Å². The van der Waals surface area contributed by atoms with Crippen LogP contribution in [-0.4, -0.2) is 24.3 Å². The van der Waals surface area contributed by atoms with E-state index in [0.29, 0.717) is 11.5 Å². The van der Waals surface area contributed by atoms with Crippen LogP contribution in [0.2, 0.25) is 0 Å². The minimum absolute atomic E-state index is 0.0342. The maximum Gasteiger partial charge on any atom is 0.255 e. The second kappa shape index (κ2) is 9.39. The van der Waals surface area contributed by atoms with Crippen LogP contribution < -0.4 is 10.0 Å². The normalized spacial score (nSPS) is 11.3. The molecule has 9 heteroatoms. The molecule has 0 radical (unpaired) electrons. The molecule has 0 fully saturated rings. The fourth-order valence-electron chi connectivity index (χ4n) is 3.04. The highest BCUT2D eigenvalue weighted by Crippen LogP contribution is 2.22. The van der Waals surface area contributed by atoms with E-state index < -0.39 is 15.9 Å². The lowest BCUT2D eigenvalue weighted by Gasteiger charge is -2.10. The third kappa shape index (κ3) is 5.25. The number of aryl methyl sites for hydroxylation is 1. The Labute approximate surface area is 190 Å². The second-order valence-electron chi connectivity index (χ2n) is 6.96. The highest BCUT2D eigenvalue weighted by molar-refractivity contribution is 7.89. The average molecular weight is 465 g/mol. The molecule has 4 rings (SSSR count). The van der Waals surface area contributed by atoms with Crippen LogP contribution in [0.15, 0.2) is 83.2 Å². The third-order valence-corrected chi connectivity index (χ3v) is 6.89. The maximum absolute atomic E-state index is 12.8. The Balaban J connectivity index is 1.50. The van der Waals surface area contributed by atoms with E-state index in [1.165, 1.54) is 23.5 Å². The molecule has 7 nitrogen and oxygen atoms in total. The topological polar surface area (TPSA) is 101 Å². The fourth-order valence-corrected chi connectivity index (χ4v) is 4.83. The second-order valence-corrected chi connectivity index (χ2v) is 9.75. The molecule has 0 aliphatic carbocycles. The number of carbonyl (C=O) groups excluding carboxylic acids is 1. The Morgan fingerprint density at radius 1 is 1.03 bits per heavy atom. The van der Waals surface area contributed by atoms with Gasteiger partial charge in [-0.15, -0.1) is 11.3 Å². The molecule has 162 valence electrons. The molecule has 0 aliphatic rings. The lowest BCUT2D eigenvalue weighted by molar-refractivity contribution is 0.102. The lowest BCUT2D eigenvalue weighted by Crippen LogP contribution is -2.23. The molecule has 0 aliphatic heterocycles. The van der Waals surface area contributed by atoms with Gasteiger partial charge in [-0.1, -0.05) is 24.3 Å². The van der Waals surface area contributed by atoms with Gasteiger partial charge in [-0.25, -0.2) is 23.1 Å². The van der Waals surface area contributed by atoms with Crippen molar-refractivity contribution in [2.24, 2.45) is 0 Å². The lowest BCUT2D eigenvalue weighted by atomic mass is 10.1. The number of hydrogen-bond acceptors (Lipinski definition) is 6. The van der Waals surface area contributed by atoms with Gasteiger partial charge in [0.15, 0.2) is 0 Å². The first-order valence-corrected chi connectivity index (χ1v) is 12.1. The standard InChI is InChI=1S/C23H20N4O3S2/c1-16-24-11-10-22(26-16)17-5-2-7-19(13-17)27-23(28)18-6-3-9-21(14-18)32(29,30)25-15-20-8-4-12-31-20/h2-14,25H,15H2,1H3,(H,27,28). The van der Waals surface area contributed by atoms with E-state index in [2.05, 4.69) is 20.0 Å². The summed E-state index contributed by atoms with van der Waals surface area (Å²) in [4.78, 5) is 22.2. The number of amides is 1. The van der Waals surface area contributed by atoms with Crippen LogP contribution in [0.3, 0.4) is 0 Å². The number of anilines is 1. The van der Waals surface area contributed by atoms with Crippen molar-refractivity contribution in [2.75, 3.05) is 5.32 Å². The quantitative estimate of drug-likeness (QED) is 0.426. The molecular formula is C23H20N4O3S2. The summed E-state index contributed by atoms with van der Waals surface area (Å²) in [5.41, 5.74) is 2.40. The summed E-state index contributed by atoms with van der Waals surface area (Å²) in [6.07, 6.45) is 1.68. The summed E-state index contributed by atoms with van der Waals surface area (Å²) in [6, 6.07) is 18.7. The van der Waals surface area contributed by atoms with Gasteiger partial charge in [0.25, 0.3) is 5.91 Å². The Morgan fingerprint density at radius 2 is 1.88 bits per heavy atom. The molecule has 1 amide bonds. The number of sulfonamides is 1. The zero-order valence-corrected chi connectivity index (χ0v) is 18.8. The van der Waals surface area contributed by atoms with Crippen LogP contribution in [0.1, 0.15) is 21.1 Å². The van der Waals surface area contributed by atoms with Crippen molar-refractivity contribution in [1.82, 2.24) is 14.7 Å². The van der Waals surface area contributed by atoms with Gasteiger partial charge in [0.05, 0.1) is 10.6 Å². The highest BCUT2D eigenvalue weighted by atomic mass is 32.2. The van der Waals surface area contributed by atoms with Crippen molar-refractivity contribution < 1.29 is 13.2 Å². The Kier molecular flexibility index (Phi) is 6.40. The number of aromatic nitrogens is 2. The predicted molar refractivity (Wildman–Crippen MR) is 125 cm³/mol. The van der Waals surface area contributed by atoms with Crippen LogP contribution in [-0.2, 0) is 16.6 Å². The summed E-state index contributed by atoms with van der Waals surface area (Å²) in [7, 11) is -3.75. The number of rotatable bonds is 7. The minimum atomic E-state index is -3.75. The summed E-state index contributed by atoms with van der Waals surface area (Å²) in [6.45, 7) is 2.01. The first-order valence-electron chi connectivity index (χ1n) is 9.74. The molecule has 2 aromatic heterocycles. The molecule has 0 saturated heterocycles. The van der Waals surface area contributed by atoms with Crippen LogP contribution in [0.25, 0.3) is 11.3 Å². The van der Waals surface area contributed by atoms with Crippen molar-refractivity contribution >= 4 is 33.0 Å². The van der Waals surface area contributed by atoms with Crippen LogP contribution in [0.4, 0.5) is 5.69 Å². The number of benzene rings is 2. The van der Waals surface area contributed by atoms with Crippen molar-refractivity contribution in [3.05, 3.63) is 94.6 Å². The largest absolute Gasteiger partial charge is 0.322 e. The summed E-state index contributed by atoms with van der Waals surface area (Å²) in [5.74, 6) is 0.249. The van der Waals surface area contributed by atoms with Crippen molar-refractivity contribution in [1.29, 1.82) is 0 Å². The first kappa shape index (κ1) is 21.8. The van der Waals surface area contributed by atoms with Gasteiger partial charge in [0.2, 0.25) is 10.0 Å². The van der Waals surface area contributed by atoms with Crippen LogP contribution in [0, 0.1) is 6.92 Å². The van der Waals surface area contributed by atoms with Gasteiger partial charge in [-0.2, -0.15) is 0 Å². The summed E-state index contributed by atoms with van der Waals surface area (Å²) < 4.78 is 27.8. The van der Waals surface area contributed by atoms with E-state index in [9.17, 15) is 13.2 Å². The molecule has 0 spiro atoms. The van der Waals surface area contributed by atoms with Gasteiger partial charge in [-0.05, 0) is 54.8 Å². The van der Waals surface area contributed by atoms with E-state index >= 15 is 0 Å². The zero-order valence-electron chi connectivity index (χ0n) is 17.1. The molecular weight excluding hydrogens is 444 g/mol. The van der Waals surface area contributed by atoms with Gasteiger partial charge in [-0.3, -0.25) is 4.79 Å². The van der Waals surface area contributed by atoms with Crippen LogP contribution in [0.5, 0.6) is 0 Å². The first-order chi connectivity index (χ1) is 15.4. The molecule has 2 aromatic carbocycles. The van der Waals surface area contributed by atoms with Crippen molar-refractivity contribution in [2.45, 2.75) is 18.4 Å². The average Bonchev–Trinajstić information content (AvgIpc) is 3.32. The number of hydrogen-bond donors (Lipinski definition) is 2.